The van der Waals surface area contributed by atoms with Crippen LogP contribution in [0.2, 0.25) is 5.02 Å². The average molecular weight is 310 g/mol. The van der Waals surface area contributed by atoms with Gasteiger partial charge in [-0.3, -0.25) is 24.6 Å². The van der Waals surface area contributed by atoms with Crippen LogP contribution in [0, 0.1) is 0 Å². The molecule has 2 rings (SSSR count). The van der Waals surface area contributed by atoms with Gasteiger partial charge in [-0.05, 0) is 30.7 Å². The van der Waals surface area contributed by atoms with Gasteiger partial charge in [-0.1, -0.05) is 11.6 Å². The van der Waals surface area contributed by atoms with E-state index in [0.717, 1.165) is 4.90 Å². The molecule has 1 heterocycles. The summed E-state index contributed by atoms with van der Waals surface area (Å²) in [6, 6.07) is 6.24. The molecule has 0 saturated carbocycles. The van der Waals surface area contributed by atoms with Crippen molar-refractivity contribution in [2.75, 3.05) is 18.9 Å². The van der Waals surface area contributed by atoms with E-state index in [2.05, 4.69) is 10.6 Å². The predicted molar refractivity (Wildman–Crippen MR) is 78.9 cm³/mol. The predicted octanol–water partition coefficient (Wildman–Crippen LogP) is 1.02. The highest BCUT2D eigenvalue weighted by molar-refractivity contribution is 6.30. The van der Waals surface area contributed by atoms with Crippen LogP contribution in [0.25, 0.3) is 0 Å². The summed E-state index contributed by atoms with van der Waals surface area (Å²) in [4.78, 5) is 36.1. The van der Waals surface area contributed by atoms with Crippen molar-refractivity contribution >= 4 is 35.0 Å². The summed E-state index contributed by atoms with van der Waals surface area (Å²) in [7, 11) is 1.45. The quantitative estimate of drug-likeness (QED) is 0.814. The number of carbonyl (C=O) groups is 3. The van der Waals surface area contributed by atoms with E-state index in [-0.39, 0.29) is 24.3 Å². The van der Waals surface area contributed by atoms with Gasteiger partial charge in [-0.25, -0.2) is 0 Å². The van der Waals surface area contributed by atoms with Crippen LogP contribution in [0.1, 0.15) is 12.8 Å². The Morgan fingerprint density at radius 1 is 1.33 bits per heavy atom. The summed E-state index contributed by atoms with van der Waals surface area (Å²) < 4.78 is 0. The van der Waals surface area contributed by atoms with E-state index < -0.39 is 6.04 Å². The van der Waals surface area contributed by atoms with Crippen LogP contribution < -0.4 is 10.6 Å². The molecule has 0 radical (unpaired) electrons. The number of likely N-dealkylation sites (tertiary alicyclic amines) is 1. The van der Waals surface area contributed by atoms with Crippen LogP contribution in [0.3, 0.4) is 0 Å². The lowest BCUT2D eigenvalue weighted by Crippen LogP contribution is -2.52. The van der Waals surface area contributed by atoms with Crippen LogP contribution >= 0.6 is 11.6 Å². The van der Waals surface area contributed by atoms with E-state index in [1.807, 2.05) is 0 Å². The molecule has 1 saturated heterocycles. The summed E-state index contributed by atoms with van der Waals surface area (Å²) in [6.45, 7) is 0.00106. The smallest absolute Gasteiger partial charge is 0.246 e. The minimum atomic E-state index is -0.497. The molecule has 7 heteroatoms. The Kier molecular flexibility index (Phi) is 4.93. The van der Waals surface area contributed by atoms with Gasteiger partial charge >= 0.3 is 0 Å². The molecule has 0 aliphatic carbocycles. The number of carbonyl (C=O) groups excluding carboxylic acids is 3. The molecule has 1 aromatic carbocycles. The molecule has 1 fully saturated rings. The van der Waals surface area contributed by atoms with Gasteiger partial charge < -0.3 is 5.32 Å². The first-order valence-corrected chi connectivity index (χ1v) is 6.94. The Bertz CT molecular complexity index is 559. The molecule has 3 amide bonds. The number of amides is 3. The van der Waals surface area contributed by atoms with E-state index in [0.29, 0.717) is 23.6 Å². The SMILES string of the molecule is CN1C(=O)CCC(NCC(=O)Nc2ccc(Cl)cc2)C1=O. The first-order chi connectivity index (χ1) is 9.97. The molecule has 112 valence electrons. The number of benzene rings is 1. The van der Waals surface area contributed by atoms with Crippen LogP contribution in [-0.4, -0.2) is 42.3 Å². The first-order valence-electron chi connectivity index (χ1n) is 6.56. The third kappa shape index (κ3) is 4.03. The Morgan fingerprint density at radius 2 is 2.00 bits per heavy atom. The number of nitrogens with one attached hydrogen (secondary N) is 2. The van der Waals surface area contributed by atoms with E-state index in [4.69, 9.17) is 11.6 Å². The third-order valence-corrected chi connectivity index (χ3v) is 3.54. The number of piperidine rings is 1. The second-order valence-corrected chi connectivity index (χ2v) is 5.25. The first kappa shape index (κ1) is 15.5. The van der Waals surface area contributed by atoms with Crippen LogP contribution in [0.5, 0.6) is 0 Å². The van der Waals surface area contributed by atoms with Gasteiger partial charge in [-0.2, -0.15) is 0 Å². The van der Waals surface area contributed by atoms with Crippen LogP contribution in [-0.2, 0) is 14.4 Å². The molecule has 2 N–H and O–H groups in total. The Labute approximate surface area is 127 Å². The Balaban J connectivity index is 1.82. The zero-order valence-electron chi connectivity index (χ0n) is 11.6. The van der Waals surface area contributed by atoms with Crippen molar-refractivity contribution < 1.29 is 14.4 Å². The second-order valence-electron chi connectivity index (χ2n) is 4.82. The highest BCUT2D eigenvalue weighted by atomic mass is 35.5. The molecule has 1 aromatic rings. The number of imide groups is 1. The molecule has 0 bridgehead atoms. The summed E-state index contributed by atoms with van der Waals surface area (Å²) >= 11 is 5.76. The number of hydrogen-bond donors (Lipinski definition) is 2. The molecular formula is C14H16ClN3O3. The number of nitrogens with zero attached hydrogens (tertiary/aromatic N) is 1. The zero-order valence-corrected chi connectivity index (χ0v) is 12.3. The number of hydrogen-bond acceptors (Lipinski definition) is 4. The monoisotopic (exact) mass is 309 g/mol. The maximum Gasteiger partial charge on any atom is 0.246 e. The van der Waals surface area contributed by atoms with E-state index in [1.165, 1.54) is 7.05 Å². The van der Waals surface area contributed by atoms with Crippen molar-refractivity contribution in [2.24, 2.45) is 0 Å². The fourth-order valence-corrected chi connectivity index (χ4v) is 2.19. The fourth-order valence-electron chi connectivity index (χ4n) is 2.06. The molecule has 0 aromatic heterocycles. The number of likely N-dealkylation sites (N-methyl/N-ethyl adjacent to an activating group) is 1. The van der Waals surface area contributed by atoms with E-state index in [1.54, 1.807) is 24.3 Å². The van der Waals surface area contributed by atoms with Crippen molar-refractivity contribution in [3.8, 4) is 0 Å². The maximum atomic E-state index is 11.8. The van der Waals surface area contributed by atoms with Gasteiger partial charge in [0, 0.05) is 24.2 Å². The number of anilines is 1. The van der Waals surface area contributed by atoms with Crippen LogP contribution in [0.15, 0.2) is 24.3 Å². The Morgan fingerprint density at radius 3 is 2.67 bits per heavy atom. The largest absolute Gasteiger partial charge is 0.325 e. The second kappa shape index (κ2) is 6.69. The maximum absolute atomic E-state index is 11.8. The third-order valence-electron chi connectivity index (χ3n) is 3.29. The van der Waals surface area contributed by atoms with Gasteiger partial charge in [-0.15, -0.1) is 0 Å². The van der Waals surface area contributed by atoms with Crippen molar-refractivity contribution in [3.05, 3.63) is 29.3 Å². The van der Waals surface area contributed by atoms with Gasteiger partial charge in [0.25, 0.3) is 0 Å². The lowest BCUT2D eigenvalue weighted by Gasteiger charge is -2.28. The van der Waals surface area contributed by atoms with Crippen molar-refractivity contribution in [2.45, 2.75) is 18.9 Å². The normalized spacial score (nSPS) is 18.8. The number of rotatable bonds is 4. The molecule has 1 unspecified atom stereocenters. The van der Waals surface area contributed by atoms with Gasteiger partial charge in [0.2, 0.25) is 17.7 Å². The summed E-state index contributed by atoms with van der Waals surface area (Å²) in [6.07, 6.45) is 0.717. The summed E-state index contributed by atoms with van der Waals surface area (Å²) in [5.74, 6) is -0.751. The van der Waals surface area contributed by atoms with Crippen LogP contribution in [0.4, 0.5) is 5.69 Å². The highest BCUT2D eigenvalue weighted by Gasteiger charge is 2.31. The minimum Gasteiger partial charge on any atom is -0.325 e. The molecule has 6 nitrogen and oxygen atoms in total. The fraction of sp³-hybridized carbons (Fsp3) is 0.357. The van der Waals surface area contributed by atoms with Crippen molar-refractivity contribution in [1.29, 1.82) is 0 Å². The highest BCUT2D eigenvalue weighted by Crippen LogP contribution is 2.13. The summed E-state index contributed by atoms with van der Waals surface area (Å²) in [5, 5.41) is 6.15. The van der Waals surface area contributed by atoms with Gasteiger partial charge in [0.05, 0.1) is 12.6 Å². The molecule has 1 aliphatic rings. The lowest BCUT2D eigenvalue weighted by molar-refractivity contribution is -0.148. The topological polar surface area (TPSA) is 78.5 Å². The minimum absolute atomic E-state index is 0.00106. The number of halogens is 1. The standard InChI is InChI=1S/C14H16ClN3O3/c1-18-13(20)7-6-11(14(18)21)16-8-12(19)17-10-4-2-9(15)3-5-10/h2-5,11,16H,6-8H2,1H3,(H,17,19). The van der Waals surface area contributed by atoms with E-state index in [9.17, 15) is 14.4 Å². The average Bonchev–Trinajstić information content (AvgIpc) is 2.46. The summed E-state index contributed by atoms with van der Waals surface area (Å²) in [5.41, 5.74) is 0.633. The molecule has 1 atom stereocenters. The molecule has 0 spiro atoms. The lowest BCUT2D eigenvalue weighted by atomic mass is 10.0. The van der Waals surface area contributed by atoms with Gasteiger partial charge in [0.15, 0.2) is 0 Å². The van der Waals surface area contributed by atoms with Crippen molar-refractivity contribution in [1.82, 2.24) is 10.2 Å². The zero-order chi connectivity index (χ0) is 15.4. The van der Waals surface area contributed by atoms with E-state index >= 15 is 0 Å². The van der Waals surface area contributed by atoms with Crippen molar-refractivity contribution in [3.63, 3.8) is 0 Å². The molecule has 21 heavy (non-hydrogen) atoms. The Hall–Kier alpha value is -1.92. The molecular weight excluding hydrogens is 294 g/mol. The van der Waals surface area contributed by atoms with Gasteiger partial charge in [0.1, 0.15) is 0 Å². The molecule has 1 aliphatic heterocycles.